The van der Waals surface area contributed by atoms with E-state index < -0.39 is 29.8 Å². The molecule has 15 heteroatoms. The Hall–Kier alpha value is -3.75. The zero-order valence-corrected chi connectivity index (χ0v) is 27.6. The van der Waals surface area contributed by atoms with Crippen molar-refractivity contribution in [3.8, 4) is 0 Å². The number of hydrogen-bond donors (Lipinski definition) is 3. The summed E-state index contributed by atoms with van der Waals surface area (Å²) in [7, 11) is 1.35. The smallest absolute Gasteiger partial charge is 0.418 e. The number of piperidine rings is 2. The molecule has 0 bridgehead atoms. The molecule has 3 fully saturated rings. The van der Waals surface area contributed by atoms with Crippen molar-refractivity contribution in [2.24, 2.45) is 0 Å². The Morgan fingerprint density at radius 3 is 2.29 bits per heavy atom. The van der Waals surface area contributed by atoms with Crippen LogP contribution in [0.4, 0.5) is 23.7 Å². The summed E-state index contributed by atoms with van der Waals surface area (Å²) in [5, 5.41) is 5.71. The van der Waals surface area contributed by atoms with Crippen LogP contribution in [0.1, 0.15) is 42.9 Å². The number of likely N-dealkylation sites (tertiary alicyclic amines) is 2. The average molecular weight is 692 g/mol. The monoisotopic (exact) mass is 691 g/mol. The number of alkyl halides is 3. The van der Waals surface area contributed by atoms with E-state index in [1.54, 1.807) is 9.47 Å². The number of amides is 2. The lowest BCUT2D eigenvalue weighted by Crippen LogP contribution is -2.54. The van der Waals surface area contributed by atoms with E-state index in [4.69, 9.17) is 16.3 Å². The molecule has 0 radical (unpaired) electrons. The predicted molar refractivity (Wildman–Crippen MR) is 176 cm³/mol. The number of nitrogens with one attached hydrogen (secondary N) is 3. The number of aromatic nitrogens is 2. The number of halogens is 4. The average Bonchev–Trinajstić information content (AvgIpc) is 3.43. The van der Waals surface area contributed by atoms with Gasteiger partial charge in [-0.3, -0.25) is 14.3 Å². The fraction of sp³-hybridized carbons (Fsp3) is 0.545. The molecule has 3 aliphatic heterocycles. The van der Waals surface area contributed by atoms with Crippen LogP contribution in [0.5, 0.6) is 0 Å². The van der Waals surface area contributed by atoms with E-state index in [2.05, 4.69) is 20.5 Å². The fourth-order valence-electron chi connectivity index (χ4n) is 7.29. The van der Waals surface area contributed by atoms with Gasteiger partial charge in [-0.2, -0.15) is 13.2 Å². The van der Waals surface area contributed by atoms with Gasteiger partial charge in [0.25, 0.3) is 5.91 Å². The van der Waals surface area contributed by atoms with Crippen molar-refractivity contribution >= 4 is 40.3 Å². The molecule has 2 aromatic carbocycles. The molecule has 3 N–H and O–H groups in total. The Morgan fingerprint density at radius 1 is 0.979 bits per heavy atom. The maximum atomic E-state index is 14.0. The highest BCUT2D eigenvalue weighted by molar-refractivity contribution is 6.33. The van der Waals surface area contributed by atoms with Gasteiger partial charge in [0, 0.05) is 77.9 Å². The summed E-state index contributed by atoms with van der Waals surface area (Å²) in [6.45, 7) is 5.20. The van der Waals surface area contributed by atoms with Crippen LogP contribution in [0.3, 0.4) is 0 Å². The van der Waals surface area contributed by atoms with Gasteiger partial charge >= 0.3 is 18.0 Å². The lowest BCUT2D eigenvalue weighted by Gasteiger charge is -2.41. The van der Waals surface area contributed by atoms with E-state index in [9.17, 15) is 27.6 Å². The lowest BCUT2D eigenvalue weighted by molar-refractivity contribution is -0.142. The van der Waals surface area contributed by atoms with E-state index in [-0.39, 0.29) is 47.5 Å². The highest BCUT2D eigenvalue weighted by Crippen LogP contribution is 2.40. The van der Waals surface area contributed by atoms with E-state index in [1.165, 1.54) is 18.0 Å². The largest absolute Gasteiger partial charge is 0.436 e. The normalized spacial score (nSPS) is 19.4. The zero-order chi connectivity index (χ0) is 34.0. The van der Waals surface area contributed by atoms with Crippen molar-refractivity contribution < 1.29 is 27.5 Å². The topological polar surface area (TPSA) is 115 Å². The third-order valence-corrected chi connectivity index (χ3v) is 10.1. The summed E-state index contributed by atoms with van der Waals surface area (Å²) in [4.78, 5) is 48.7. The number of piperazine rings is 1. The van der Waals surface area contributed by atoms with Gasteiger partial charge in [0.1, 0.15) is 0 Å². The number of nitrogens with zero attached hydrogens (tertiary/aromatic N) is 4. The molecule has 6 rings (SSSR count). The molecule has 4 heterocycles. The molecule has 3 aromatic rings. The van der Waals surface area contributed by atoms with Crippen LogP contribution in [0.2, 0.25) is 5.02 Å². The van der Waals surface area contributed by atoms with Crippen LogP contribution in [0.15, 0.2) is 41.2 Å². The van der Waals surface area contributed by atoms with Crippen LogP contribution in [0.25, 0.3) is 11.0 Å². The van der Waals surface area contributed by atoms with E-state index >= 15 is 0 Å². The first-order valence-corrected chi connectivity index (χ1v) is 16.9. The second-order valence-corrected chi connectivity index (χ2v) is 13.1. The first kappa shape index (κ1) is 34.1. The predicted octanol–water partition coefficient (Wildman–Crippen LogP) is 4.32. The number of carbonyl (C=O) groups is 2. The Morgan fingerprint density at radius 2 is 1.62 bits per heavy atom. The van der Waals surface area contributed by atoms with Gasteiger partial charge in [0.2, 0.25) is 0 Å². The molecular weight excluding hydrogens is 651 g/mol. The SMILES string of the molecule is CNc1c(Cl)cc(C[C@@H](OC(=O)N2CCC(n3c(=O)[nH]c4ccccc43)CC2)C(=O)N2CCC(N3CCNCC3)CC2)cc1C(F)(F)F. The molecule has 3 aliphatic rings. The maximum absolute atomic E-state index is 14.0. The van der Waals surface area contributed by atoms with Crippen molar-refractivity contribution in [2.45, 2.75) is 56.5 Å². The number of benzene rings is 2. The van der Waals surface area contributed by atoms with Crippen LogP contribution in [-0.2, 0) is 22.1 Å². The lowest BCUT2D eigenvalue weighted by atomic mass is 9.99. The molecule has 0 aliphatic carbocycles. The Balaban J connectivity index is 1.17. The molecule has 11 nitrogen and oxygen atoms in total. The number of anilines is 1. The molecule has 0 spiro atoms. The van der Waals surface area contributed by atoms with Gasteiger partial charge in [-0.15, -0.1) is 0 Å². The van der Waals surface area contributed by atoms with Crippen LogP contribution < -0.4 is 16.3 Å². The number of carbonyl (C=O) groups excluding carboxylic acids is 2. The number of aromatic amines is 1. The summed E-state index contributed by atoms with van der Waals surface area (Å²) < 4.78 is 49.5. The zero-order valence-electron chi connectivity index (χ0n) is 26.8. The summed E-state index contributed by atoms with van der Waals surface area (Å²) in [5.74, 6) is -0.440. The number of ether oxygens (including phenoxy) is 1. The van der Waals surface area contributed by atoms with Crippen molar-refractivity contribution in [3.63, 3.8) is 0 Å². The molecule has 0 unspecified atom stereocenters. The molecule has 48 heavy (non-hydrogen) atoms. The standard InChI is InChI=1S/C33H41ClF3N7O4/c1-38-29-24(33(35,36)37)18-21(19-25(29)34)20-28(30(45)42-12-6-22(7-13-42)41-16-10-39-11-17-41)48-32(47)43-14-8-23(9-15-43)44-27-5-3-2-4-26(27)40-31(44)46/h2-5,18-19,22-23,28,38-39H,6-17,20H2,1H3,(H,40,46)/t28-/m1/s1. The number of imidazole rings is 1. The van der Waals surface area contributed by atoms with Gasteiger partial charge < -0.3 is 30.2 Å². The van der Waals surface area contributed by atoms with Crippen LogP contribution in [-0.4, -0.2) is 108 Å². The van der Waals surface area contributed by atoms with Crippen LogP contribution in [0, 0.1) is 0 Å². The number of para-hydroxylation sites is 2. The van der Waals surface area contributed by atoms with E-state index in [0.717, 1.165) is 56.1 Å². The highest BCUT2D eigenvalue weighted by Gasteiger charge is 2.38. The van der Waals surface area contributed by atoms with Crippen molar-refractivity contribution in [2.75, 3.05) is 64.7 Å². The third kappa shape index (κ3) is 7.30. The highest BCUT2D eigenvalue weighted by atomic mass is 35.5. The Bertz CT molecular complexity index is 1670. The first-order chi connectivity index (χ1) is 23.0. The number of hydrogen-bond acceptors (Lipinski definition) is 7. The summed E-state index contributed by atoms with van der Waals surface area (Å²) >= 11 is 6.26. The third-order valence-electron chi connectivity index (χ3n) is 9.80. The second-order valence-electron chi connectivity index (χ2n) is 12.7. The first-order valence-electron chi connectivity index (χ1n) is 16.5. The minimum absolute atomic E-state index is 0.130. The minimum Gasteiger partial charge on any atom is -0.436 e. The maximum Gasteiger partial charge on any atom is 0.418 e. The molecule has 2 amide bonds. The van der Waals surface area contributed by atoms with Gasteiger partial charge in [-0.25, -0.2) is 9.59 Å². The van der Waals surface area contributed by atoms with Gasteiger partial charge in [-0.1, -0.05) is 23.7 Å². The molecule has 0 saturated carbocycles. The number of rotatable bonds is 7. The van der Waals surface area contributed by atoms with Crippen LogP contribution >= 0.6 is 11.6 Å². The van der Waals surface area contributed by atoms with Crippen molar-refractivity contribution in [3.05, 3.63) is 63.0 Å². The van der Waals surface area contributed by atoms with Gasteiger partial charge in [0.15, 0.2) is 6.10 Å². The summed E-state index contributed by atoms with van der Waals surface area (Å²) in [5.41, 5.74) is 0.210. The fourth-order valence-corrected chi connectivity index (χ4v) is 7.63. The number of fused-ring (bicyclic) bond motifs is 1. The molecule has 260 valence electrons. The molecular formula is C33H41ClF3N7O4. The van der Waals surface area contributed by atoms with Crippen molar-refractivity contribution in [1.82, 2.24) is 29.6 Å². The Kier molecular flexibility index (Phi) is 10.2. The summed E-state index contributed by atoms with van der Waals surface area (Å²) in [6.07, 6.45) is -4.53. The quantitative estimate of drug-likeness (QED) is 0.338. The second kappa shape index (κ2) is 14.4. The Labute approximate surface area is 281 Å². The van der Waals surface area contributed by atoms with E-state index in [0.29, 0.717) is 32.0 Å². The number of H-pyrrole nitrogens is 1. The van der Waals surface area contributed by atoms with Gasteiger partial charge in [0.05, 0.1) is 27.3 Å². The van der Waals surface area contributed by atoms with E-state index in [1.807, 2.05) is 24.3 Å². The minimum atomic E-state index is -4.70. The van der Waals surface area contributed by atoms with Crippen molar-refractivity contribution in [1.29, 1.82) is 0 Å². The molecule has 3 saturated heterocycles. The molecule has 1 aromatic heterocycles. The van der Waals surface area contributed by atoms with Gasteiger partial charge in [-0.05, 0) is 55.5 Å². The summed E-state index contributed by atoms with van der Waals surface area (Å²) in [6, 6.07) is 9.94. The molecule has 1 atom stereocenters.